The van der Waals surface area contributed by atoms with Gasteiger partial charge in [-0.05, 0) is 18.8 Å². The molecule has 0 unspecified atom stereocenters. The monoisotopic (exact) mass is 159 g/mol. The predicted octanol–water partition coefficient (Wildman–Crippen LogP) is 2.39. The molecule has 0 radical (unpaired) electrons. The molecule has 1 rings (SSSR count). The summed E-state index contributed by atoms with van der Waals surface area (Å²) in [6, 6.07) is 0. The van der Waals surface area contributed by atoms with Crippen LogP contribution in [-0.2, 0) is 0 Å². The van der Waals surface area contributed by atoms with Gasteiger partial charge in [0, 0.05) is 18.8 Å². The summed E-state index contributed by atoms with van der Waals surface area (Å²) in [5.41, 5.74) is 0. The molecule has 1 heterocycles. The minimum atomic E-state index is 0.966. The molecule has 0 N–H and O–H groups in total. The molecule has 0 aromatic rings. The predicted molar refractivity (Wildman–Crippen MR) is 48.1 cm³/mol. The van der Waals surface area contributed by atoms with Crippen LogP contribution in [-0.4, -0.2) is 23.1 Å². The van der Waals surface area contributed by atoms with Crippen molar-refractivity contribution in [3.8, 4) is 0 Å². The van der Waals surface area contributed by atoms with Crippen molar-refractivity contribution < 1.29 is 0 Å². The molecule has 10 heavy (non-hydrogen) atoms. The first-order chi connectivity index (χ1) is 4.83. The molecule has 0 aliphatic carbocycles. The second-order valence-corrected chi connectivity index (χ2v) is 4.38. The molecule has 0 saturated carbocycles. The minimum Gasteiger partial charge on any atom is -0.251 e. The van der Waals surface area contributed by atoms with Gasteiger partial charge in [-0.15, -0.1) is 0 Å². The lowest BCUT2D eigenvalue weighted by molar-refractivity contribution is 0.308. The van der Waals surface area contributed by atoms with Gasteiger partial charge >= 0.3 is 0 Å². The van der Waals surface area contributed by atoms with Gasteiger partial charge in [0.25, 0.3) is 0 Å². The van der Waals surface area contributed by atoms with Crippen molar-refractivity contribution in [3.05, 3.63) is 0 Å². The van der Waals surface area contributed by atoms with Crippen molar-refractivity contribution in [2.45, 2.75) is 26.7 Å². The molecule has 2 heteroatoms. The van der Waals surface area contributed by atoms with Gasteiger partial charge < -0.3 is 0 Å². The molecule has 0 aromatic heterocycles. The van der Waals surface area contributed by atoms with Crippen molar-refractivity contribution in [1.29, 1.82) is 0 Å². The van der Waals surface area contributed by atoms with E-state index < -0.39 is 0 Å². The Bertz CT molecular complexity index is 87.3. The summed E-state index contributed by atoms with van der Waals surface area (Å²) in [7, 11) is 0. The van der Waals surface area contributed by atoms with Crippen molar-refractivity contribution in [2.24, 2.45) is 5.92 Å². The van der Waals surface area contributed by atoms with Gasteiger partial charge in [0.2, 0.25) is 0 Å². The summed E-state index contributed by atoms with van der Waals surface area (Å²) in [6.45, 7) is 7.19. The Morgan fingerprint density at radius 2 is 2.00 bits per heavy atom. The Labute approximate surface area is 68.3 Å². The third kappa shape index (κ3) is 2.51. The van der Waals surface area contributed by atoms with Crippen LogP contribution in [0.2, 0.25) is 0 Å². The van der Waals surface area contributed by atoms with Crippen LogP contribution >= 0.6 is 11.9 Å². The molecule has 0 bridgehead atoms. The fourth-order valence-electron chi connectivity index (χ4n) is 1.30. The molecule has 1 nitrogen and oxygen atoms in total. The van der Waals surface area contributed by atoms with Crippen molar-refractivity contribution in [2.75, 3.05) is 18.8 Å². The lowest BCUT2D eigenvalue weighted by Crippen LogP contribution is -2.27. The summed E-state index contributed by atoms with van der Waals surface area (Å²) in [5, 5.41) is 0. The Balaban J connectivity index is 2.13. The lowest BCUT2D eigenvalue weighted by Gasteiger charge is -2.28. The van der Waals surface area contributed by atoms with Crippen LogP contribution in [0.1, 0.15) is 26.7 Å². The highest BCUT2D eigenvalue weighted by molar-refractivity contribution is 7.96. The van der Waals surface area contributed by atoms with Crippen molar-refractivity contribution >= 4 is 11.9 Å². The topological polar surface area (TPSA) is 3.24 Å². The average molecular weight is 159 g/mol. The average Bonchev–Trinajstić information content (AvgIpc) is 1.95. The van der Waals surface area contributed by atoms with Gasteiger partial charge in [0.05, 0.1) is 0 Å². The van der Waals surface area contributed by atoms with Gasteiger partial charge in [-0.3, -0.25) is 4.31 Å². The fourth-order valence-corrected chi connectivity index (χ4v) is 2.13. The Morgan fingerprint density at radius 1 is 1.40 bits per heavy atom. The number of nitrogens with zero attached hydrogens (tertiary/aromatic N) is 1. The first-order valence-electron chi connectivity index (χ1n) is 4.20. The molecule has 0 amide bonds. The molecular formula is C8H17NS. The summed E-state index contributed by atoms with van der Waals surface area (Å²) in [4.78, 5) is 0. The van der Waals surface area contributed by atoms with E-state index in [0.29, 0.717) is 0 Å². The van der Waals surface area contributed by atoms with Crippen LogP contribution in [0.25, 0.3) is 0 Å². The van der Waals surface area contributed by atoms with E-state index in [9.17, 15) is 0 Å². The molecule has 1 aliphatic heterocycles. The maximum atomic E-state index is 2.50. The van der Waals surface area contributed by atoms with Gasteiger partial charge in [0.15, 0.2) is 0 Å². The molecule has 60 valence electrons. The van der Waals surface area contributed by atoms with E-state index in [4.69, 9.17) is 0 Å². The first kappa shape index (κ1) is 8.41. The van der Waals surface area contributed by atoms with E-state index in [1.165, 1.54) is 31.7 Å². The summed E-state index contributed by atoms with van der Waals surface area (Å²) in [6.07, 6.45) is 2.79. The second kappa shape index (κ2) is 4.24. The van der Waals surface area contributed by atoms with Crippen LogP contribution in [0.15, 0.2) is 0 Å². The van der Waals surface area contributed by atoms with Crippen LogP contribution in [0.3, 0.4) is 0 Å². The smallest absolute Gasteiger partial charge is 0.00918 e. The molecule has 0 aromatic carbocycles. The fraction of sp³-hybridized carbons (Fsp3) is 1.00. The highest BCUT2D eigenvalue weighted by atomic mass is 32.2. The zero-order chi connectivity index (χ0) is 7.40. The SMILES string of the molecule is CCSN1CCC(C)CC1. The number of hydrogen-bond donors (Lipinski definition) is 0. The standard InChI is InChI=1S/C8H17NS/c1-3-10-9-6-4-8(2)5-7-9/h8H,3-7H2,1-2H3. The molecular weight excluding hydrogens is 142 g/mol. The molecule has 0 atom stereocenters. The van der Waals surface area contributed by atoms with Gasteiger partial charge in [-0.1, -0.05) is 25.8 Å². The maximum Gasteiger partial charge on any atom is 0.00918 e. The van der Waals surface area contributed by atoms with E-state index >= 15 is 0 Å². The van der Waals surface area contributed by atoms with Gasteiger partial charge in [0.1, 0.15) is 0 Å². The highest BCUT2D eigenvalue weighted by Gasteiger charge is 2.14. The Kier molecular flexibility index (Phi) is 3.57. The summed E-state index contributed by atoms with van der Waals surface area (Å²) in [5.74, 6) is 2.20. The van der Waals surface area contributed by atoms with E-state index in [-0.39, 0.29) is 0 Å². The molecule has 1 saturated heterocycles. The summed E-state index contributed by atoms with van der Waals surface area (Å²) >= 11 is 1.99. The Morgan fingerprint density at radius 3 is 2.50 bits per heavy atom. The normalized spacial score (nSPS) is 23.4. The third-order valence-electron chi connectivity index (χ3n) is 2.05. The molecule has 0 spiro atoms. The van der Waals surface area contributed by atoms with Gasteiger partial charge in [-0.25, -0.2) is 0 Å². The van der Waals surface area contributed by atoms with E-state index in [0.717, 1.165) is 5.92 Å². The Hall–Kier alpha value is 0.310. The van der Waals surface area contributed by atoms with E-state index in [1.54, 1.807) is 0 Å². The zero-order valence-corrected chi connectivity index (χ0v) is 7.78. The number of hydrogen-bond acceptors (Lipinski definition) is 2. The van der Waals surface area contributed by atoms with E-state index in [2.05, 4.69) is 18.2 Å². The maximum absolute atomic E-state index is 2.50. The van der Waals surface area contributed by atoms with Crippen LogP contribution in [0, 0.1) is 5.92 Å². The highest BCUT2D eigenvalue weighted by Crippen LogP contribution is 2.21. The summed E-state index contributed by atoms with van der Waals surface area (Å²) < 4.78 is 2.50. The first-order valence-corrected chi connectivity index (χ1v) is 5.15. The van der Waals surface area contributed by atoms with Crippen molar-refractivity contribution in [1.82, 2.24) is 4.31 Å². The second-order valence-electron chi connectivity index (χ2n) is 3.03. The lowest BCUT2D eigenvalue weighted by atomic mass is 10.0. The van der Waals surface area contributed by atoms with Gasteiger partial charge in [-0.2, -0.15) is 0 Å². The largest absolute Gasteiger partial charge is 0.251 e. The van der Waals surface area contributed by atoms with Crippen molar-refractivity contribution in [3.63, 3.8) is 0 Å². The van der Waals surface area contributed by atoms with Crippen LogP contribution in [0.5, 0.6) is 0 Å². The molecule has 1 aliphatic rings. The van der Waals surface area contributed by atoms with Crippen LogP contribution in [0.4, 0.5) is 0 Å². The number of piperidine rings is 1. The quantitative estimate of drug-likeness (QED) is 0.569. The zero-order valence-electron chi connectivity index (χ0n) is 6.97. The number of rotatable bonds is 2. The minimum absolute atomic E-state index is 0.966. The van der Waals surface area contributed by atoms with E-state index in [1.807, 2.05) is 11.9 Å². The molecule has 1 fully saturated rings. The van der Waals surface area contributed by atoms with Crippen LogP contribution < -0.4 is 0 Å². The third-order valence-corrected chi connectivity index (χ3v) is 3.04.